The molecule has 0 saturated heterocycles. The van der Waals surface area contributed by atoms with Gasteiger partial charge in [-0.2, -0.15) is 0 Å². The lowest BCUT2D eigenvalue weighted by Crippen LogP contribution is -2.42. The molecule has 0 bridgehead atoms. The van der Waals surface area contributed by atoms with Crippen molar-refractivity contribution in [3.05, 3.63) is 35.4 Å². The molecule has 0 radical (unpaired) electrons. The number of hydrogen-bond acceptors (Lipinski definition) is 1. The summed E-state index contributed by atoms with van der Waals surface area (Å²) in [6, 6.07) is 9.84. The number of nitrogens with zero attached hydrogens (tertiary/aromatic N) is 1. The molecule has 1 unspecified atom stereocenters. The summed E-state index contributed by atoms with van der Waals surface area (Å²) in [5, 5.41) is 1.11. The van der Waals surface area contributed by atoms with Gasteiger partial charge in [-0.3, -0.25) is 4.90 Å². The third-order valence-corrected chi connectivity index (χ3v) is 5.23. The second-order valence-electron chi connectivity index (χ2n) is 6.08. The van der Waals surface area contributed by atoms with Crippen molar-refractivity contribution in [2.75, 3.05) is 18.4 Å². The van der Waals surface area contributed by atoms with E-state index in [1.807, 2.05) is 0 Å². The quantitative estimate of drug-likeness (QED) is 0.728. The number of alkyl halides is 1. The van der Waals surface area contributed by atoms with E-state index in [9.17, 15) is 0 Å². The van der Waals surface area contributed by atoms with Gasteiger partial charge >= 0.3 is 0 Å². The first-order valence-electron chi connectivity index (χ1n) is 7.76. The molecule has 2 aliphatic rings. The highest BCUT2D eigenvalue weighted by Gasteiger charge is 2.30. The first-order valence-corrected chi connectivity index (χ1v) is 8.88. The van der Waals surface area contributed by atoms with Crippen molar-refractivity contribution in [3.63, 3.8) is 0 Å². The van der Waals surface area contributed by atoms with Gasteiger partial charge in [0.15, 0.2) is 0 Å². The van der Waals surface area contributed by atoms with Gasteiger partial charge < -0.3 is 0 Å². The molecule has 1 saturated carbocycles. The summed E-state index contributed by atoms with van der Waals surface area (Å²) >= 11 is 3.64. The van der Waals surface area contributed by atoms with E-state index in [-0.39, 0.29) is 0 Å². The first kappa shape index (κ1) is 13.6. The Labute approximate surface area is 125 Å². The van der Waals surface area contributed by atoms with Crippen LogP contribution in [0.1, 0.15) is 49.1 Å². The standard InChI is InChI=1S/C17H24BrN/c18-10-11-19(16-7-2-1-3-8-16)13-15-12-14-6-4-5-9-17(14)15/h4-6,9,15-16H,1-3,7-8,10-13H2. The number of rotatable bonds is 5. The summed E-state index contributed by atoms with van der Waals surface area (Å²) in [7, 11) is 0. The Morgan fingerprint density at radius 2 is 1.89 bits per heavy atom. The molecule has 2 heteroatoms. The van der Waals surface area contributed by atoms with Crippen LogP contribution >= 0.6 is 15.9 Å². The average Bonchev–Trinajstić information content (AvgIpc) is 2.44. The minimum Gasteiger partial charge on any atom is -0.299 e. The van der Waals surface area contributed by atoms with E-state index in [0.717, 1.165) is 17.3 Å². The Morgan fingerprint density at radius 3 is 2.63 bits per heavy atom. The molecular formula is C17H24BrN. The molecule has 1 atom stereocenters. The Kier molecular flexibility index (Phi) is 4.60. The summed E-state index contributed by atoms with van der Waals surface area (Å²) in [4.78, 5) is 2.76. The summed E-state index contributed by atoms with van der Waals surface area (Å²) in [5.41, 5.74) is 3.19. The molecule has 0 aliphatic heterocycles. The van der Waals surface area contributed by atoms with Gasteiger partial charge in [-0.05, 0) is 30.4 Å². The molecule has 104 valence electrons. The minimum absolute atomic E-state index is 0.789. The molecule has 1 fully saturated rings. The zero-order valence-corrected chi connectivity index (χ0v) is 13.2. The predicted molar refractivity (Wildman–Crippen MR) is 85.1 cm³/mol. The van der Waals surface area contributed by atoms with Crippen LogP contribution in [-0.4, -0.2) is 29.4 Å². The second-order valence-corrected chi connectivity index (χ2v) is 6.87. The van der Waals surface area contributed by atoms with Crippen LogP contribution in [0.25, 0.3) is 0 Å². The van der Waals surface area contributed by atoms with E-state index >= 15 is 0 Å². The van der Waals surface area contributed by atoms with Crippen LogP contribution in [0.3, 0.4) is 0 Å². The number of halogens is 1. The molecule has 0 aromatic heterocycles. The van der Waals surface area contributed by atoms with Crippen LogP contribution in [0.5, 0.6) is 0 Å². The summed E-state index contributed by atoms with van der Waals surface area (Å²) in [6.07, 6.45) is 8.45. The van der Waals surface area contributed by atoms with Gasteiger partial charge in [-0.1, -0.05) is 59.5 Å². The summed E-state index contributed by atoms with van der Waals surface area (Å²) in [5.74, 6) is 0.789. The van der Waals surface area contributed by atoms with E-state index in [1.54, 1.807) is 11.1 Å². The van der Waals surface area contributed by atoms with E-state index < -0.39 is 0 Å². The van der Waals surface area contributed by atoms with Crippen LogP contribution in [0.15, 0.2) is 24.3 Å². The van der Waals surface area contributed by atoms with E-state index in [1.165, 1.54) is 51.6 Å². The third-order valence-electron chi connectivity index (χ3n) is 4.88. The third kappa shape index (κ3) is 3.05. The molecule has 1 aromatic rings. The van der Waals surface area contributed by atoms with E-state index in [4.69, 9.17) is 0 Å². The Morgan fingerprint density at radius 1 is 1.11 bits per heavy atom. The molecule has 2 aliphatic carbocycles. The van der Waals surface area contributed by atoms with Gasteiger partial charge in [0.2, 0.25) is 0 Å². The summed E-state index contributed by atoms with van der Waals surface area (Å²) in [6.45, 7) is 2.48. The van der Waals surface area contributed by atoms with Crippen molar-refractivity contribution < 1.29 is 0 Å². The molecule has 3 rings (SSSR count). The number of fused-ring (bicyclic) bond motifs is 1. The lowest BCUT2D eigenvalue weighted by atomic mass is 9.77. The van der Waals surface area contributed by atoms with Crippen LogP contribution in [0.2, 0.25) is 0 Å². The van der Waals surface area contributed by atoms with Crippen molar-refractivity contribution in [1.29, 1.82) is 0 Å². The SMILES string of the molecule is BrCCN(CC1Cc2ccccc21)C1CCCCC1. The van der Waals surface area contributed by atoms with Crippen molar-refractivity contribution in [2.45, 2.75) is 50.5 Å². The second kappa shape index (κ2) is 6.41. The Hall–Kier alpha value is -0.340. The van der Waals surface area contributed by atoms with Gasteiger partial charge in [-0.15, -0.1) is 0 Å². The van der Waals surface area contributed by atoms with Crippen molar-refractivity contribution >= 4 is 15.9 Å². The lowest BCUT2D eigenvalue weighted by molar-refractivity contribution is 0.152. The van der Waals surface area contributed by atoms with Crippen LogP contribution in [0.4, 0.5) is 0 Å². The van der Waals surface area contributed by atoms with Crippen LogP contribution < -0.4 is 0 Å². The Balaban J connectivity index is 1.62. The fraction of sp³-hybridized carbons (Fsp3) is 0.647. The fourth-order valence-corrected chi connectivity index (χ4v) is 4.24. The fourth-order valence-electron chi connectivity index (χ4n) is 3.79. The summed E-state index contributed by atoms with van der Waals surface area (Å²) < 4.78 is 0. The molecule has 19 heavy (non-hydrogen) atoms. The molecule has 0 spiro atoms. The maximum Gasteiger partial charge on any atom is 0.0159 e. The highest BCUT2D eigenvalue weighted by molar-refractivity contribution is 9.09. The van der Waals surface area contributed by atoms with Gasteiger partial charge in [0.1, 0.15) is 0 Å². The van der Waals surface area contributed by atoms with Crippen molar-refractivity contribution in [1.82, 2.24) is 4.90 Å². The van der Waals surface area contributed by atoms with Crippen LogP contribution in [-0.2, 0) is 6.42 Å². The highest BCUT2D eigenvalue weighted by Crippen LogP contribution is 2.36. The predicted octanol–water partition coefficient (Wildman–Crippen LogP) is 4.36. The molecule has 1 nitrogen and oxygen atoms in total. The van der Waals surface area contributed by atoms with Crippen molar-refractivity contribution in [2.24, 2.45) is 0 Å². The highest BCUT2D eigenvalue weighted by atomic mass is 79.9. The topological polar surface area (TPSA) is 3.24 Å². The smallest absolute Gasteiger partial charge is 0.0159 e. The molecule has 1 aromatic carbocycles. The van der Waals surface area contributed by atoms with Gasteiger partial charge in [0, 0.05) is 30.4 Å². The first-order chi connectivity index (χ1) is 9.38. The largest absolute Gasteiger partial charge is 0.299 e. The molecule has 0 amide bonds. The van der Waals surface area contributed by atoms with E-state index in [0.29, 0.717) is 0 Å². The monoisotopic (exact) mass is 321 g/mol. The van der Waals surface area contributed by atoms with Gasteiger partial charge in [0.05, 0.1) is 0 Å². The lowest BCUT2D eigenvalue weighted by Gasteiger charge is -2.40. The number of hydrogen-bond donors (Lipinski definition) is 0. The van der Waals surface area contributed by atoms with E-state index in [2.05, 4.69) is 45.1 Å². The zero-order chi connectivity index (χ0) is 13.1. The van der Waals surface area contributed by atoms with Crippen molar-refractivity contribution in [3.8, 4) is 0 Å². The minimum atomic E-state index is 0.789. The zero-order valence-electron chi connectivity index (χ0n) is 11.7. The van der Waals surface area contributed by atoms with Gasteiger partial charge in [-0.25, -0.2) is 0 Å². The normalized spacial score (nSPS) is 23.2. The van der Waals surface area contributed by atoms with Crippen LogP contribution in [0, 0.1) is 0 Å². The molecule has 0 N–H and O–H groups in total. The van der Waals surface area contributed by atoms with Gasteiger partial charge in [0.25, 0.3) is 0 Å². The maximum atomic E-state index is 3.64. The molecular weight excluding hydrogens is 298 g/mol. The maximum absolute atomic E-state index is 3.64. The molecule has 0 heterocycles. The average molecular weight is 322 g/mol. The number of benzene rings is 1. The Bertz CT molecular complexity index is 411.